The molecule has 0 heterocycles. The molecule has 3 aromatic rings. The number of hydrogen-bond acceptors (Lipinski definition) is 4. The third-order valence-electron chi connectivity index (χ3n) is 5.58. The van der Waals surface area contributed by atoms with Crippen LogP contribution in [0.3, 0.4) is 0 Å². The van der Waals surface area contributed by atoms with Crippen LogP contribution in [0.2, 0.25) is 0 Å². The highest BCUT2D eigenvalue weighted by molar-refractivity contribution is 5.86. The van der Waals surface area contributed by atoms with Crippen LogP contribution in [-0.2, 0) is 16.0 Å². The molecule has 0 saturated heterocycles. The van der Waals surface area contributed by atoms with Gasteiger partial charge < -0.3 is 15.4 Å². The number of carbonyl (C=O) groups is 2. The van der Waals surface area contributed by atoms with E-state index in [-0.39, 0.29) is 19.1 Å². The molecule has 6 heteroatoms. The second-order valence-corrected chi connectivity index (χ2v) is 7.59. The van der Waals surface area contributed by atoms with E-state index in [4.69, 9.17) is 10.00 Å². The number of fused-ring (bicyclic) bond motifs is 3. The molecule has 0 aromatic heterocycles. The standard InChI is InChI=1S/C26H23N3O3/c27-14-15-28-25(30)24(16-18-8-2-1-3-9-18)29-26(31)32-17-23-21-12-6-4-10-19(21)20-11-5-7-13-22(20)23/h1-13,23-24H,15-17H2,(H,28,30)(H,29,31). The number of alkyl carbamates (subject to hydrolysis) is 1. The number of rotatable bonds is 7. The lowest BCUT2D eigenvalue weighted by Gasteiger charge is -2.19. The lowest BCUT2D eigenvalue weighted by Crippen LogP contribution is -2.48. The van der Waals surface area contributed by atoms with Gasteiger partial charge in [0.1, 0.15) is 19.2 Å². The van der Waals surface area contributed by atoms with Crippen LogP contribution in [0.5, 0.6) is 0 Å². The van der Waals surface area contributed by atoms with Gasteiger partial charge in [-0.3, -0.25) is 4.79 Å². The SMILES string of the molecule is N#CCNC(=O)C(Cc1ccccc1)NC(=O)OCC1c2ccccc2-c2ccccc21. The number of ether oxygens (including phenoxy) is 1. The number of benzene rings is 3. The Labute approximate surface area is 186 Å². The van der Waals surface area contributed by atoms with E-state index in [2.05, 4.69) is 34.9 Å². The lowest BCUT2D eigenvalue weighted by atomic mass is 9.98. The van der Waals surface area contributed by atoms with E-state index in [0.29, 0.717) is 6.42 Å². The van der Waals surface area contributed by atoms with Gasteiger partial charge in [0, 0.05) is 12.3 Å². The van der Waals surface area contributed by atoms with Crippen molar-refractivity contribution in [3.8, 4) is 17.2 Å². The number of amides is 2. The molecule has 1 atom stereocenters. The number of nitrogens with zero attached hydrogens (tertiary/aromatic N) is 1. The zero-order valence-electron chi connectivity index (χ0n) is 17.5. The van der Waals surface area contributed by atoms with Crippen LogP contribution >= 0.6 is 0 Å². The topological polar surface area (TPSA) is 91.2 Å². The first-order chi connectivity index (χ1) is 15.7. The summed E-state index contributed by atoms with van der Waals surface area (Å²) in [5.74, 6) is -0.489. The van der Waals surface area contributed by atoms with E-state index in [9.17, 15) is 9.59 Å². The molecule has 2 amide bonds. The van der Waals surface area contributed by atoms with E-state index in [1.165, 1.54) is 0 Å². The molecule has 0 bridgehead atoms. The molecule has 0 radical (unpaired) electrons. The minimum atomic E-state index is -0.846. The van der Waals surface area contributed by atoms with Gasteiger partial charge in [-0.1, -0.05) is 78.9 Å². The lowest BCUT2D eigenvalue weighted by molar-refractivity contribution is -0.122. The van der Waals surface area contributed by atoms with Gasteiger partial charge in [0.25, 0.3) is 0 Å². The Bertz CT molecular complexity index is 1110. The average molecular weight is 425 g/mol. The minimum absolute atomic E-state index is 0.0619. The second-order valence-electron chi connectivity index (χ2n) is 7.59. The Balaban J connectivity index is 1.44. The predicted molar refractivity (Wildman–Crippen MR) is 121 cm³/mol. The van der Waals surface area contributed by atoms with Crippen molar-refractivity contribution < 1.29 is 14.3 Å². The highest BCUT2D eigenvalue weighted by atomic mass is 16.5. The van der Waals surface area contributed by atoms with Gasteiger partial charge in [-0.25, -0.2) is 4.79 Å². The number of hydrogen-bond donors (Lipinski definition) is 2. The second kappa shape index (κ2) is 9.80. The van der Waals surface area contributed by atoms with E-state index < -0.39 is 18.0 Å². The Hall–Kier alpha value is -4.11. The minimum Gasteiger partial charge on any atom is -0.449 e. The first-order valence-corrected chi connectivity index (χ1v) is 10.5. The normalized spacial score (nSPS) is 12.7. The van der Waals surface area contributed by atoms with Gasteiger partial charge in [0.2, 0.25) is 5.91 Å². The molecule has 0 fully saturated rings. The van der Waals surface area contributed by atoms with Crippen LogP contribution in [0, 0.1) is 11.3 Å². The van der Waals surface area contributed by atoms with Gasteiger partial charge in [0.05, 0.1) is 6.07 Å². The monoisotopic (exact) mass is 425 g/mol. The maximum absolute atomic E-state index is 12.6. The van der Waals surface area contributed by atoms with Crippen molar-refractivity contribution in [2.24, 2.45) is 0 Å². The van der Waals surface area contributed by atoms with Crippen LogP contribution in [0.4, 0.5) is 4.79 Å². The molecular weight excluding hydrogens is 402 g/mol. The summed E-state index contributed by atoms with van der Waals surface area (Å²) in [7, 11) is 0. The van der Waals surface area contributed by atoms with Crippen molar-refractivity contribution >= 4 is 12.0 Å². The molecule has 0 spiro atoms. The van der Waals surface area contributed by atoms with Crippen molar-refractivity contribution in [3.05, 3.63) is 95.6 Å². The number of nitriles is 1. The third kappa shape index (κ3) is 4.62. The van der Waals surface area contributed by atoms with Crippen LogP contribution in [0.15, 0.2) is 78.9 Å². The fraction of sp³-hybridized carbons (Fsp3) is 0.192. The fourth-order valence-corrected chi connectivity index (χ4v) is 4.09. The van der Waals surface area contributed by atoms with E-state index in [1.807, 2.05) is 60.7 Å². The summed E-state index contributed by atoms with van der Waals surface area (Å²) in [6, 6.07) is 26.6. The van der Waals surface area contributed by atoms with Crippen molar-refractivity contribution in [1.82, 2.24) is 10.6 Å². The van der Waals surface area contributed by atoms with Gasteiger partial charge in [-0.15, -0.1) is 0 Å². The Morgan fingerprint density at radius 1 is 0.906 bits per heavy atom. The predicted octanol–water partition coefficient (Wildman–Crippen LogP) is 3.78. The molecule has 0 aliphatic heterocycles. The number of nitrogens with one attached hydrogen (secondary N) is 2. The van der Waals surface area contributed by atoms with E-state index >= 15 is 0 Å². The largest absolute Gasteiger partial charge is 0.449 e. The molecule has 1 aliphatic carbocycles. The van der Waals surface area contributed by atoms with Crippen molar-refractivity contribution in [1.29, 1.82) is 5.26 Å². The summed E-state index contributed by atoms with van der Waals surface area (Å²) in [6.45, 7) is 0.0359. The molecule has 4 rings (SSSR count). The van der Waals surface area contributed by atoms with Crippen molar-refractivity contribution in [2.45, 2.75) is 18.4 Å². The quantitative estimate of drug-likeness (QED) is 0.564. The average Bonchev–Trinajstić information content (AvgIpc) is 3.15. The maximum Gasteiger partial charge on any atom is 0.407 e. The van der Waals surface area contributed by atoms with Crippen LogP contribution in [0.1, 0.15) is 22.6 Å². The van der Waals surface area contributed by atoms with E-state index in [0.717, 1.165) is 27.8 Å². The smallest absolute Gasteiger partial charge is 0.407 e. The molecule has 32 heavy (non-hydrogen) atoms. The highest BCUT2D eigenvalue weighted by Gasteiger charge is 2.29. The molecule has 6 nitrogen and oxygen atoms in total. The van der Waals surface area contributed by atoms with E-state index in [1.54, 1.807) is 0 Å². The molecule has 160 valence electrons. The summed E-state index contributed by atoms with van der Waals surface area (Å²) in [5, 5.41) is 13.9. The van der Waals surface area contributed by atoms with Crippen LogP contribution < -0.4 is 10.6 Å². The highest BCUT2D eigenvalue weighted by Crippen LogP contribution is 2.44. The molecule has 2 N–H and O–H groups in total. The summed E-state index contributed by atoms with van der Waals surface area (Å²) < 4.78 is 5.57. The Kier molecular flexibility index (Phi) is 6.47. The van der Waals surface area contributed by atoms with Crippen LogP contribution in [0.25, 0.3) is 11.1 Å². The Morgan fingerprint density at radius 2 is 1.50 bits per heavy atom. The summed E-state index contributed by atoms with van der Waals surface area (Å²) in [4.78, 5) is 25.1. The van der Waals surface area contributed by atoms with Gasteiger partial charge >= 0.3 is 6.09 Å². The molecule has 3 aromatic carbocycles. The zero-order chi connectivity index (χ0) is 22.3. The fourth-order valence-electron chi connectivity index (χ4n) is 4.09. The Morgan fingerprint density at radius 3 is 2.12 bits per heavy atom. The first-order valence-electron chi connectivity index (χ1n) is 10.5. The summed E-state index contributed by atoms with van der Waals surface area (Å²) >= 11 is 0. The third-order valence-corrected chi connectivity index (χ3v) is 5.58. The maximum atomic E-state index is 12.6. The van der Waals surface area contributed by atoms with Crippen molar-refractivity contribution in [2.75, 3.05) is 13.2 Å². The van der Waals surface area contributed by atoms with Gasteiger partial charge in [-0.2, -0.15) is 5.26 Å². The summed E-state index contributed by atoms with van der Waals surface area (Å²) in [6.07, 6.45) is -0.373. The van der Waals surface area contributed by atoms with Crippen LogP contribution in [-0.4, -0.2) is 31.2 Å². The van der Waals surface area contributed by atoms with Gasteiger partial charge in [-0.05, 0) is 27.8 Å². The zero-order valence-corrected chi connectivity index (χ0v) is 17.5. The molecule has 1 unspecified atom stereocenters. The molecule has 1 aliphatic rings. The number of carbonyl (C=O) groups excluding carboxylic acids is 2. The summed E-state index contributed by atoms with van der Waals surface area (Å²) in [5.41, 5.74) is 5.43. The first kappa shape index (κ1) is 21.1. The molecule has 0 saturated carbocycles. The van der Waals surface area contributed by atoms with Crippen molar-refractivity contribution in [3.63, 3.8) is 0 Å². The molecular formula is C26H23N3O3. The van der Waals surface area contributed by atoms with Gasteiger partial charge in [0.15, 0.2) is 0 Å².